The number of halogens is 2. The summed E-state index contributed by atoms with van der Waals surface area (Å²) in [4.78, 5) is 18.0. The predicted octanol–water partition coefficient (Wildman–Crippen LogP) is 3.42. The molecule has 6 nitrogen and oxygen atoms in total. The molecule has 30 heavy (non-hydrogen) atoms. The van der Waals surface area contributed by atoms with E-state index in [9.17, 15) is 9.18 Å². The summed E-state index contributed by atoms with van der Waals surface area (Å²) < 4.78 is 19.2. The summed E-state index contributed by atoms with van der Waals surface area (Å²) in [6.45, 7) is 3.07. The summed E-state index contributed by atoms with van der Waals surface area (Å²) in [5.74, 6) is 0.615. The van der Waals surface area contributed by atoms with Gasteiger partial charge >= 0.3 is 0 Å². The van der Waals surface area contributed by atoms with Crippen LogP contribution in [0.5, 0.6) is 5.75 Å². The topological polar surface area (TPSA) is 66.0 Å². The van der Waals surface area contributed by atoms with Crippen molar-refractivity contribution >= 4 is 35.8 Å². The van der Waals surface area contributed by atoms with Gasteiger partial charge in [0.05, 0.1) is 19.6 Å². The first-order valence-corrected chi connectivity index (χ1v) is 9.66. The molecule has 0 aliphatic carbocycles. The Morgan fingerprint density at radius 3 is 2.50 bits per heavy atom. The van der Waals surface area contributed by atoms with Crippen LogP contribution in [0.3, 0.4) is 0 Å². The van der Waals surface area contributed by atoms with Gasteiger partial charge in [-0.15, -0.1) is 24.0 Å². The third-order valence-electron chi connectivity index (χ3n) is 4.22. The predicted molar refractivity (Wildman–Crippen MR) is 129 cm³/mol. The average Bonchev–Trinajstić information content (AvgIpc) is 2.72. The van der Waals surface area contributed by atoms with Crippen molar-refractivity contribution in [3.8, 4) is 5.75 Å². The normalized spacial score (nSPS) is 11.8. The van der Waals surface area contributed by atoms with Crippen molar-refractivity contribution < 1.29 is 13.9 Å². The Bertz CT molecular complexity index is 803. The van der Waals surface area contributed by atoms with Crippen molar-refractivity contribution in [1.29, 1.82) is 0 Å². The Labute approximate surface area is 194 Å². The van der Waals surface area contributed by atoms with Crippen LogP contribution in [0.4, 0.5) is 4.39 Å². The van der Waals surface area contributed by atoms with Gasteiger partial charge in [-0.05, 0) is 24.1 Å². The lowest BCUT2D eigenvalue weighted by Gasteiger charge is -2.20. The molecule has 1 atom stereocenters. The van der Waals surface area contributed by atoms with E-state index in [0.29, 0.717) is 24.8 Å². The van der Waals surface area contributed by atoms with E-state index in [0.717, 1.165) is 12.0 Å². The van der Waals surface area contributed by atoms with E-state index >= 15 is 0 Å². The molecule has 8 heteroatoms. The van der Waals surface area contributed by atoms with Gasteiger partial charge < -0.3 is 20.3 Å². The summed E-state index contributed by atoms with van der Waals surface area (Å²) in [5.41, 5.74) is 1.07. The number of carbonyl (C=O) groups is 1. The zero-order valence-corrected chi connectivity index (χ0v) is 19.9. The minimum absolute atomic E-state index is 0. The molecular formula is C22H30FIN4O2. The average molecular weight is 528 g/mol. The molecule has 0 aliphatic rings. The van der Waals surface area contributed by atoms with Crippen molar-refractivity contribution in [2.24, 2.45) is 4.99 Å². The highest BCUT2D eigenvalue weighted by Gasteiger charge is 2.11. The molecule has 0 fully saturated rings. The molecule has 1 amide bonds. The summed E-state index contributed by atoms with van der Waals surface area (Å²) in [6.07, 6.45) is 0.552. The molecule has 0 aromatic heterocycles. The molecule has 0 spiro atoms. The van der Waals surface area contributed by atoms with E-state index in [1.165, 1.54) is 17.0 Å². The quantitative estimate of drug-likeness (QED) is 0.298. The van der Waals surface area contributed by atoms with E-state index in [1.807, 2.05) is 37.3 Å². The second-order valence-electron chi connectivity index (χ2n) is 6.78. The fourth-order valence-corrected chi connectivity index (χ4v) is 2.46. The van der Waals surface area contributed by atoms with Crippen LogP contribution >= 0.6 is 24.0 Å². The Kier molecular flexibility index (Phi) is 11.8. The van der Waals surface area contributed by atoms with Gasteiger partial charge in [0.2, 0.25) is 5.91 Å². The number of ether oxygens (including phenoxy) is 1. The van der Waals surface area contributed by atoms with Gasteiger partial charge in [-0.1, -0.05) is 43.3 Å². The number of hydrogen-bond donors (Lipinski definition) is 2. The second-order valence-corrected chi connectivity index (χ2v) is 6.78. The highest BCUT2D eigenvalue weighted by molar-refractivity contribution is 14.0. The zero-order valence-electron chi connectivity index (χ0n) is 17.6. The lowest BCUT2D eigenvalue weighted by Crippen LogP contribution is -2.45. The highest BCUT2D eigenvalue weighted by Crippen LogP contribution is 2.14. The van der Waals surface area contributed by atoms with Gasteiger partial charge in [-0.25, -0.2) is 9.38 Å². The van der Waals surface area contributed by atoms with Crippen LogP contribution in [0.1, 0.15) is 18.9 Å². The Balaban J connectivity index is 0.00000450. The number of aliphatic imine (C=N–C) groups is 1. The first-order valence-electron chi connectivity index (χ1n) is 9.66. The van der Waals surface area contributed by atoms with Crippen LogP contribution in [0, 0.1) is 5.82 Å². The summed E-state index contributed by atoms with van der Waals surface area (Å²) in [6, 6.07) is 15.9. The first kappa shape index (κ1) is 25.7. The van der Waals surface area contributed by atoms with Gasteiger partial charge in [0.15, 0.2) is 5.96 Å². The smallest absolute Gasteiger partial charge is 0.241 e. The van der Waals surface area contributed by atoms with E-state index < -0.39 is 0 Å². The Morgan fingerprint density at radius 2 is 1.87 bits per heavy atom. The lowest BCUT2D eigenvalue weighted by atomic mass is 10.2. The van der Waals surface area contributed by atoms with Gasteiger partial charge in [0.1, 0.15) is 17.7 Å². The summed E-state index contributed by atoms with van der Waals surface area (Å²) in [5, 5.41) is 6.28. The zero-order chi connectivity index (χ0) is 21.1. The number of rotatable bonds is 9. The number of likely N-dealkylation sites (N-methyl/N-ethyl adjacent to an activating group) is 1. The second kappa shape index (κ2) is 13.8. The maximum atomic E-state index is 13.4. The van der Waals surface area contributed by atoms with Crippen LogP contribution in [0.2, 0.25) is 0 Å². The number of benzene rings is 2. The van der Waals surface area contributed by atoms with Crippen molar-refractivity contribution in [2.45, 2.75) is 26.0 Å². The molecule has 0 bridgehead atoms. The highest BCUT2D eigenvalue weighted by atomic mass is 127. The number of carbonyl (C=O) groups excluding carboxylic acids is 1. The fourth-order valence-electron chi connectivity index (χ4n) is 2.46. The molecule has 0 saturated carbocycles. The van der Waals surface area contributed by atoms with Crippen molar-refractivity contribution in [1.82, 2.24) is 15.5 Å². The summed E-state index contributed by atoms with van der Waals surface area (Å²) >= 11 is 0. The van der Waals surface area contributed by atoms with Crippen LogP contribution in [0.15, 0.2) is 59.6 Å². The minimum atomic E-state index is -0.334. The van der Waals surface area contributed by atoms with Gasteiger partial charge in [0.25, 0.3) is 0 Å². The number of guanidine groups is 1. The lowest BCUT2D eigenvalue weighted by molar-refractivity contribution is -0.127. The maximum absolute atomic E-state index is 13.4. The molecule has 2 rings (SSSR count). The molecular weight excluding hydrogens is 498 g/mol. The van der Waals surface area contributed by atoms with Crippen LogP contribution in [-0.2, 0) is 11.3 Å². The number of nitrogens with zero attached hydrogens (tertiary/aromatic N) is 2. The van der Waals surface area contributed by atoms with E-state index in [-0.39, 0.29) is 48.3 Å². The first-order chi connectivity index (χ1) is 14.0. The van der Waals surface area contributed by atoms with Crippen molar-refractivity contribution in [3.05, 3.63) is 66.0 Å². The van der Waals surface area contributed by atoms with Crippen LogP contribution < -0.4 is 15.4 Å². The third kappa shape index (κ3) is 9.43. The monoisotopic (exact) mass is 528 g/mol. The van der Waals surface area contributed by atoms with E-state index in [2.05, 4.69) is 15.6 Å². The van der Waals surface area contributed by atoms with Gasteiger partial charge in [-0.3, -0.25) is 4.79 Å². The fraction of sp³-hybridized carbons (Fsp3) is 0.364. The largest absolute Gasteiger partial charge is 0.489 e. The third-order valence-corrected chi connectivity index (χ3v) is 4.22. The molecule has 164 valence electrons. The van der Waals surface area contributed by atoms with Gasteiger partial charge in [0, 0.05) is 20.2 Å². The molecule has 2 aromatic rings. The molecule has 2 N–H and O–H groups in total. The number of nitrogens with one attached hydrogen (secondary N) is 2. The molecule has 0 saturated heterocycles. The van der Waals surface area contributed by atoms with E-state index in [1.54, 1.807) is 26.2 Å². The molecule has 2 aromatic carbocycles. The molecule has 0 heterocycles. The molecule has 0 aliphatic heterocycles. The van der Waals surface area contributed by atoms with E-state index in [4.69, 9.17) is 4.74 Å². The van der Waals surface area contributed by atoms with Crippen LogP contribution in [0.25, 0.3) is 0 Å². The SMILES string of the molecule is CCC(CNC(=NCc1ccccc1)NCC(=O)N(C)C)Oc1cccc(F)c1.I. The maximum Gasteiger partial charge on any atom is 0.241 e. The number of amides is 1. The minimum Gasteiger partial charge on any atom is -0.489 e. The molecule has 0 radical (unpaired) electrons. The van der Waals surface area contributed by atoms with Crippen molar-refractivity contribution in [2.75, 3.05) is 27.2 Å². The van der Waals surface area contributed by atoms with Crippen molar-refractivity contribution in [3.63, 3.8) is 0 Å². The Hall–Kier alpha value is -2.36. The summed E-state index contributed by atoms with van der Waals surface area (Å²) in [7, 11) is 3.41. The number of hydrogen-bond acceptors (Lipinski definition) is 3. The molecule has 1 unspecified atom stereocenters. The Morgan fingerprint density at radius 1 is 1.13 bits per heavy atom. The van der Waals surface area contributed by atoms with Gasteiger partial charge in [-0.2, -0.15) is 0 Å². The standard InChI is InChI=1S/C22H29FN4O2.HI/c1-4-19(29-20-12-8-11-18(23)13-20)15-25-22(26-16-21(28)27(2)3)24-14-17-9-6-5-7-10-17;/h5-13,19H,4,14-16H2,1-3H3,(H2,24,25,26);1H. The van der Waals surface area contributed by atoms with Crippen LogP contribution in [-0.4, -0.2) is 50.1 Å².